The van der Waals surface area contributed by atoms with Crippen LogP contribution in [0, 0.1) is 6.66 Å². The first kappa shape index (κ1) is 40.6. The molecule has 4 heteroatoms. The fraction of sp³-hybridized carbons (Fsp3) is 0.659. The quantitative estimate of drug-likeness (QED) is 0.0874. The third kappa shape index (κ3) is 9.98. The maximum absolute atomic E-state index is 10.2. The van der Waals surface area contributed by atoms with Crippen molar-refractivity contribution in [3.63, 3.8) is 0 Å². The topological polar surface area (TPSA) is 12.4 Å². The first-order chi connectivity index (χ1) is 20.2. The zero-order valence-corrected chi connectivity index (χ0v) is 36.4. The van der Waals surface area contributed by atoms with Crippen LogP contribution < -0.4 is 9.70 Å². The summed E-state index contributed by atoms with van der Waals surface area (Å²) in [4.78, 5) is 6.33. The van der Waals surface area contributed by atoms with Gasteiger partial charge in [-0.05, 0) is 0 Å². The summed E-state index contributed by atoms with van der Waals surface area (Å²) in [6.07, 6.45) is 0. The molecular weight excluding hydrogens is 642 g/mol. The third-order valence-electron chi connectivity index (χ3n) is 8.53. The molecule has 0 spiro atoms. The number of benzene rings is 2. The summed E-state index contributed by atoms with van der Waals surface area (Å²) < 4.78 is 1.78. The molecule has 0 aliphatic carbocycles. The van der Waals surface area contributed by atoms with Crippen molar-refractivity contribution < 1.29 is 0 Å². The number of aliphatic imine (C=N–C) groups is 1. The molecule has 1 atom stereocenters. The molecule has 0 saturated heterocycles. The van der Waals surface area contributed by atoms with Crippen molar-refractivity contribution in [2.45, 2.75) is 170 Å². The molecule has 1 nitrogen and oxygen atoms in total. The van der Waals surface area contributed by atoms with Gasteiger partial charge in [0.15, 0.2) is 0 Å². The van der Waals surface area contributed by atoms with Crippen LogP contribution in [0.15, 0.2) is 29.3 Å². The van der Waals surface area contributed by atoms with E-state index in [0.717, 1.165) is 4.78 Å². The van der Waals surface area contributed by atoms with Gasteiger partial charge in [0.1, 0.15) is 0 Å². The summed E-state index contributed by atoms with van der Waals surface area (Å²) in [5, 5.41) is 1.24. The van der Waals surface area contributed by atoms with E-state index >= 15 is 0 Å². The Labute approximate surface area is 289 Å². The van der Waals surface area contributed by atoms with Gasteiger partial charge in [0, 0.05) is 0 Å². The monoisotopic (exact) mass is 709 g/mol. The number of hydrogen-bond donors (Lipinski definition) is 0. The number of hydrogen-bond acceptors (Lipinski definition) is 2. The van der Waals surface area contributed by atoms with Crippen LogP contribution in [0.1, 0.15) is 183 Å². The van der Waals surface area contributed by atoms with Crippen molar-refractivity contribution in [2.75, 3.05) is 6.54 Å². The molecule has 0 amide bonds. The van der Waals surface area contributed by atoms with Crippen LogP contribution in [0.2, 0.25) is 4.25 Å². The second-order valence-corrected chi connectivity index (χ2v) is 29.4. The summed E-state index contributed by atoms with van der Waals surface area (Å²) >= 11 is -2.15. The van der Waals surface area contributed by atoms with Crippen molar-refractivity contribution in [2.24, 2.45) is 4.99 Å². The summed E-state index contributed by atoms with van der Waals surface area (Å²) in [6.45, 7) is 55.5. The molecule has 2 aromatic rings. The molecule has 1 unspecified atom stereocenters. The van der Waals surface area contributed by atoms with Crippen LogP contribution in [0.4, 0.5) is 0 Å². The van der Waals surface area contributed by atoms with Gasteiger partial charge in [-0.2, -0.15) is 0 Å². The van der Waals surface area contributed by atoms with E-state index in [2.05, 4.69) is 166 Å². The van der Waals surface area contributed by atoms with Gasteiger partial charge in [0.2, 0.25) is 0 Å². The molecule has 0 aromatic heterocycles. The van der Waals surface area contributed by atoms with E-state index in [1.807, 2.05) is 0 Å². The molecule has 0 saturated carbocycles. The van der Waals surface area contributed by atoms with Crippen molar-refractivity contribution in [1.82, 2.24) is 0 Å². The molecule has 0 bridgehead atoms. The van der Waals surface area contributed by atoms with Gasteiger partial charge in [-0.3, -0.25) is 0 Å². The molecule has 0 aliphatic rings. The standard InChI is InChI=1S/C41H66GeNPS/c1-21-43-37(44(20)36-33(39(11,12)13)24-30(38(8,9)10)25-34(36)40(14,15)16)45-42(41(17,18)19)35-31(27(4)5)22-29(26(2)3)23-32(35)28(6)7/h22-28H,21H2,1-19H3/q-1. The Morgan fingerprint density at radius 1 is 0.711 bits per heavy atom. The van der Waals surface area contributed by atoms with E-state index in [9.17, 15) is 6.66 Å². The van der Waals surface area contributed by atoms with Gasteiger partial charge in [0.05, 0.1) is 0 Å². The zero-order valence-electron chi connectivity index (χ0n) is 32.6. The predicted molar refractivity (Wildman–Crippen MR) is 212 cm³/mol. The number of rotatable bonds is 8. The normalized spacial score (nSPS) is 14.8. The number of nitrogens with zero attached hydrogens (tertiary/aromatic N) is 1. The molecule has 0 aliphatic heterocycles. The molecule has 3 radical (unpaired) electrons. The van der Waals surface area contributed by atoms with Crippen LogP contribution in [-0.4, -0.2) is 24.5 Å². The Kier molecular flexibility index (Phi) is 13.5. The van der Waals surface area contributed by atoms with E-state index in [0.29, 0.717) is 24.3 Å². The van der Waals surface area contributed by atoms with Gasteiger partial charge in [-0.25, -0.2) is 0 Å². The summed E-state index contributed by atoms with van der Waals surface area (Å²) in [7, 11) is 0.666. The van der Waals surface area contributed by atoms with E-state index in [1.165, 1.54) is 38.7 Å². The van der Waals surface area contributed by atoms with Crippen molar-refractivity contribution >= 4 is 45.7 Å². The molecule has 0 heterocycles. The average molecular weight is 709 g/mol. The Balaban J connectivity index is 2.99. The Bertz CT molecular complexity index is 1280. The third-order valence-corrected chi connectivity index (χ3v) is 24.2. The van der Waals surface area contributed by atoms with Crippen LogP contribution in [0.3, 0.4) is 0 Å². The van der Waals surface area contributed by atoms with E-state index < -0.39 is 21.1 Å². The summed E-state index contributed by atoms with van der Waals surface area (Å²) in [5.74, 6) is 1.41. The van der Waals surface area contributed by atoms with Gasteiger partial charge >= 0.3 is 291 Å². The van der Waals surface area contributed by atoms with Crippen molar-refractivity contribution in [3.05, 3.63) is 64.3 Å². The second-order valence-electron chi connectivity index (χ2n) is 18.0. The fourth-order valence-electron chi connectivity index (χ4n) is 5.72. The molecule has 2 rings (SSSR count). The fourth-order valence-corrected chi connectivity index (χ4v) is 21.6. The molecular formula is C41H66GeNPS-. The first-order valence-electron chi connectivity index (χ1n) is 17.2. The Morgan fingerprint density at radius 3 is 1.42 bits per heavy atom. The Morgan fingerprint density at radius 2 is 1.13 bits per heavy atom. The minimum absolute atomic E-state index is 0.0344. The first-order valence-corrected chi connectivity index (χ1v) is 24.0. The molecule has 251 valence electrons. The minimum atomic E-state index is -2.15. The van der Waals surface area contributed by atoms with Crippen LogP contribution >= 0.6 is 18.0 Å². The van der Waals surface area contributed by atoms with Crippen molar-refractivity contribution in [1.29, 1.82) is 0 Å². The van der Waals surface area contributed by atoms with Gasteiger partial charge < -0.3 is 0 Å². The molecule has 45 heavy (non-hydrogen) atoms. The average Bonchev–Trinajstić information content (AvgIpc) is 2.86. The zero-order chi connectivity index (χ0) is 35.0. The summed E-state index contributed by atoms with van der Waals surface area (Å²) in [6, 6.07) is 9.91. The van der Waals surface area contributed by atoms with Crippen LogP contribution in [0.25, 0.3) is 0 Å². The predicted octanol–water partition coefficient (Wildman–Crippen LogP) is 12.4. The van der Waals surface area contributed by atoms with Gasteiger partial charge in [-0.15, -0.1) is 0 Å². The Hall–Kier alpha value is -0.567. The van der Waals surface area contributed by atoms with Gasteiger partial charge in [-0.1, -0.05) is 0 Å². The van der Waals surface area contributed by atoms with Crippen LogP contribution in [-0.2, 0) is 16.2 Å². The van der Waals surface area contributed by atoms with Crippen molar-refractivity contribution in [3.8, 4) is 0 Å². The van der Waals surface area contributed by atoms with E-state index in [4.69, 9.17) is 4.99 Å². The molecule has 0 N–H and O–H groups in total. The maximum atomic E-state index is 10.2. The summed E-state index contributed by atoms with van der Waals surface area (Å²) in [5.41, 5.74) is 8.42. The second kappa shape index (κ2) is 14.9. The van der Waals surface area contributed by atoms with Crippen LogP contribution in [0.5, 0.6) is 0 Å². The van der Waals surface area contributed by atoms with E-state index in [-0.39, 0.29) is 20.5 Å². The SMILES string of the molecule is [C-]P(C(=NCC)[S][Ge]([c]1c(C(C)C)cc(C(C)C)cc1C(C)C)[C](C)(C)C)c1c(C(C)(C)C)cc(C(C)(C)C)cc1C(C)(C)C. The van der Waals surface area contributed by atoms with E-state index in [1.54, 1.807) is 4.40 Å². The molecule has 2 aromatic carbocycles. The van der Waals surface area contributed by atoms with Gasteiger partial charge in [0.25, 0.3) is 0 Å². The molecule has 0 fully saturated rings.